The van der Waals surface area contributed by atoms with Crippen molar-refractivity contribution in [2.45, 2.75) is 6.92 Å². The van der Waals surface area contributed by atoms with Gasteiger partial charge in [0.2, 0.25) is 0 Å². The summed E-state index contributed by atoms with van der Waals surface area (Å²) in [5.74, 6) is -2.15. The number of carbonyl (C=O) groups is 2. The van der Waals surface area contributed by atoms with Gasteiger partial charge in [-0.15, -0.1) is 0 Å². The van der Waals surface area contributed by atoms with Crippen molar-refractivity contribution in [2.24, 2.45) is 0 Å². The van der Waals surface area contributed by atoms with Crippen molar-refractivity contribution >= 4 is 11.9 Å². The minimum atomic E-state index is -1.24. The Kier molecular flexibility index (Phi) is 5.06. The number of carboxylic acids is 1. The molecular weight excluding hydrogens is 188 g/mol. The monoisotopic (exact) mass is 200 g/mol. The summed E-state index contributed by atoms with van der Waals surface area (Å²) in [6, 6.07) is 0. The zero-order valence-electron chi connectivity index (χ0n) is 7.91. The van der Waals surface area contributed by atoms with Gasteiger partial charge >= 0.3 is 11.9 Å². The third-order valence-electron chi connectivity index (χ3n) is 1.18. The predicted molar refractivity (Wildman–Crippen MR) is 48.5 cm³/mol. The van der Waals surface area contributed by atoms with Crippen LogP contribution in [0.15, 0.2) is 24.5 Å². The van der Waals surface area contributed by atoms with E-state index in [1.54, 1.807) is 0 Å². The van der Waals surface area contributed by atoms with Gasteiger partial charge in [-0.05, 0) is 13.5 Å². The first kappa shape index (κ1) is 12.2. The minimum Gasteiger partial charge on any atom is -0.483 e. The maximum absolute atomic E-state index is 10.8. The van der Waals surface area contributed by atoms with Crippen molar-refractivity contribution < 1.29 is 24.2 Å². The lowest BCUT2D eigenvalue weighted by Crippen LogP contribution is -2.12. The van der Waals surface area contributed by atoms with E-state index in [-0.39, 0.29) is 24.5 Å². The van der Waals surface area contributed by atoms with Gasteiger partial charge in [0.15, 0.2) is 5.76 Å². The van der Waals surface area contributed by atoms with E-state index in [1.807, 2.05) is 0 Å². The second kappa shape index (κ2) is 5.80. The zero-order chi connectivity index (χ0) is 11.1. The van der Waals surface area contributed by atoms with Crippen molar-refractivity contribution in [3.05, 3.63) is 24.5 Å². The van der Waals surface area contributed by atoms with E-state index in [4.69, 9.17) is 5.11 Å². The Hall–Kier alpha value is -1.78. The summed E-state index contributed by atoms with van der Waals surface area (Å²) >= 11 is 0. The normalized spacial score (nSPS) is 8.93. The number of hydrogen-bond acceptors (Lipinski definition) is 4. The number of esters is 1. The highest BCUT2D eigenvalue weighted by Gasteiger charge is 2.06. The third-order valence-corrected chi connectivity index (χ3v) is 1.18. The summed E-state index contributed by atoms with van der Waals surface area (Å²) in [7, 11) is 0. The van der Waals surface area contributed by atoms with Gasteiger partial charge in [0.1, 0.15) is 13.2 Å². The summed E-state index contributed by atoms with van der Waals surface area (Å²) in [6.45, 7) is 7.94. The summed E-state index contributed by atoms with van der Waals surface area (Å²) in [5, 5.41) is 8.33. The van der Waals surface area contributed by atoms with Crippen LogP contribution in [0.4, 0.5) is 0 Å². The van der Waals surface area contributed by atoms with Crippen molar-refractivity contribution in [1.29, 1.82) is 0 Å². The molecule has 5 nitrogen and oxygen atoms in total. The van der Waals surface area contributed by atoms with Gasteiger partial charge in [-0.3, -0.25) is 0 Å². The molecule has 0 aromatic rings. The SMILES string of the molecule is C=C(C)C(=O)OCCOC(=C)C(=O)O. The van der Waals surface area contributed by atoms with Crippen LogP contribution in [0.5, 0.6) is 0 Å². The molecule has 78 valence electrons. The zero-order valence-corrected chi connectivity index (χ0v) is 7.91. The lowest BCUT2D eigenvalue weighted by atomic mass is 10.4. The molecule has 0 unspecified atom stereocenters. The highest BCUT2D eigenvalue weighted by molar-refractivity contribution is 5.86. The number of rotatable bonds is 6. The molecule has 0 radical (unpaired) electrons. The molecule has 0 bridgehead atoms. The molecular formula is C9H12O5. The van der Waals surface area contributed by atoms with Crippen molar-refractivity contribution in [1.82, 2.24) is 0 Å². The van der Waals surface area contributed by atoms with Crippen LogP contribution in [-0.4, -0.2) is 30.3 Å². The quantitative estimate of drug-likeness (QED) is 0.296. The van der Waals surface area contributed by atoms with Crippen LogP contribution in [0.2, 0.25) is 0 Å². The van der Waals surface area contributed by atoms with Gasteiger partial charge in [-0.25, -0.2) is 9.59 Å². The molecule has 0 aliphatic rings. The molecule has 0 atom stereocenters. The van der Waals surface area contributed by atoms with E-state index in [2.05, 4.69) is 22.6 Å². The number of hydrogen-bond donors (Lipinski definition) is 1. The first-order chi connectivity index (χ1) is 6.45. The van der Waals surface area contributed by atoms with Crippen molar-refractivity contribution in [3.63, 3.8) is 0 Å². The summed E-state index contributed by atoms with van der Waals surface area (Å²) < 4.78 is 9.27. The smallest absolute Gasteiger partial charge is 0.370 e. The number of carbonyl (C=O) groups excluding carboxylic acids is 1. The van der Waals surface area contributed by atoms with Crippen LogP contribution in [0.3, 0.4) is 0 Å². The van der Waals surface area contributed by atoms with Crippen LogP contribution >= 0.6 is 0 Å². The van der Waals surface area contributed by atoms with E-state index >= 15 is 0 Å². The molecule has 1 N–H and O–H groups in total. The lowest BCUT2D eigenvalue weighted by Gasteiger charge is -2.06. The van der Waals surface area contributed by atoms with Crippen LogP contribution < -0.4 is 0 Å². The minimum absolute atomic E-state index is 0.0298. The molecule has 0 aliphatic carbocycles. The van der Waals surface area contributed by atoms with Gasteiger partial charge in [0.25, 0.3) is 0 Å². The Morgan fingerprint density at radius 2 is 1.71 bits per heavy atom. The standard InChI is InChI=1S/C9H12O5/c1-6(2)9(12)14-5-4-13-7(3)8(10)11/h1,3-5H2,2H3,(H,10,11). The molecule has 0 saturated carbocycles. The van der Waals surface area contributed by atoms with Gasteiger partial charge < -0.3 is 14.6 Å². The van der Waals surface area contributed by atoms with E-state index in [1.165, 1.54) is 6.92 Å². The van der Waals surface area contributed by atoms with Gasteiger partial charge in [0, 0.05) is 5.57 Å². The Balaban J connectivity index is 3.57. The number of aliphatic carboxylic acids is 1. The Labute approximate surface area is 81.6 Å². The summed E-state index contributed by atoms with van der Waals surface area (Å²) in [4.78, 5) is 21.0. The second-order valence-corrected chi connectivity index (χ2v) is 2.49. The van der Waals surface area contributed by atoms with Gasteiger partial charge in [-0.2, -0.15) is 0 Å². The first-order valence-electron chi connectivity index (χ1n) is 3.82. The average Bonchev–Trinajstić information content (AvgIpc) is 2.11. The van der Waals surface area contributed by atoms with E-state index in [0.29, 0.717) is 0 Å². The maximum Gasteiger partial charge on any atom is 0.370 e. The molecule has 0 rings (SSSR count). The van der Waals surface area contributed by atoms with Crippen molar-refractivity contribution in [3.8, 4) is 0 Å². The Bertz CT molecular complexity index is 238. The molecule has 0 saturated heterocycles. The van der Waals surface area contributed by atoms with Crippen LogP contribution in [0.1, 0.15) is 6.92 Å². The molecule has 5 heteroatoms. The lowest BCUT2D eigenvalue weighted by molar-refractivity contribution is -0.141. The highest BCUT2D eigenvalue weighted by atomic mass is 16.6. The Morgan fingerprint density at radius 1 is 1.21 bits per heavy atom. The molecule has 0 heterocycles. The summed E-state index contributed by atoms with van der Waals surface area (Å²) in [6.07, 6.45) is 0. The predicted octanol–water partition coefficient (Wildman–Crippen LogP) is 0.721. The number of ether oxygens (including phenoxy) is 2. The Morgan fingerprint density at radius 3 is 2.14 bits per heavy atom. The molecule has 14 heavy (non-hydrogen) atoms. The van der Waals surface area contributed by atoms with Gasteiger partial charge in [0.05, 0.1) is 0 Å². The highest BCUT2D eigenvalue weighted by Crippen LogP contribution is 1.95. The fourth-order valence-corrected chi connectivity index (χ4v) is 0.484. The average molecular weight is 200 g/mol. The maximum atomic E-state index is 10.8. The molecule has 0 amide bonds. The van der Waals surface area contributed by atoms with E-state index in [0.717, 1.165) is 0 Å². The van der Waals surface area contributed by atoms with Crippen LogP contribution in [0, 0.1) is 0 Å². The first-order valence-corrected chi connectivity index (χ1v) is 3.82. The topological polar surface area (TPSA) is 72.8 Å². The van der Waals surface area contributed by atoms with E-state index < -0.39 is 11.9 Å². The molecule has 0 aromatic heterocycles. The van der Waals surface area contributed by atoms with Crippen LogP contribution in [0.25, 0.3) is 0 Å². The fourth-order valence-electron chi connectivity index (χ4n) is 0.484. The number of carboxylic acid groups (broad SMARTS) is 1. The largest absolute Gasteiger partial charge is 0.483 e. The van der Waals surface area contributed by atoms with Crippen LogP contribution in [-0.2, 0) is 19.1 Å². The molecule has 0 spiro atoms. The molecule has 0 aliphatic heterocycles. The third kappa shape index (κ3) is 4.97. The molecule has 0 fully saturated rings. The van der Waals surface area contributed by atoms with E-state index in [9.17, 15) is 9.59 Å². The summed E-state index contributed by atoms with van der Waals surface area (Å²) in [5.41, 5.74) is 0.280. The van der Waals surface area contributed by atoms with Gasteiger partial charge in [-0.1, -0.05) is 6.58 Å². The fraction of sp³-hybridized carbons (Fsp3) is 0.333. The van der Waals surface area contributed by atoms with Crippen molar-refractivity contribution in [2.75, 3.05) is 13.2 Å². The second-order valence-electron chi connectivity index (χ2n) is 2.49. The molecule has 0 aromatic carbocycles.